The number of rotatable bonds is 5. The van der Waals surface area contributed by atoms with Crippen LogP contribution < -0.4 is 5.73 Å². The SMILES string of the molecule is Nc1ccc(CN2CCC(O)(CC(=O)c3ccccc3)CC2)cc1. The Morgan fingerprint density at radius 2 is 1.67 bits per heavy atom. The normalized spacial score (nSPS) is 17.5. The molecular weight excluding hydrogens is 300 g/mol. The van der Waals surface area contributed by atoms with Crippen LogP contribution in [0.25, 0.3) is 0 Å². The second-order valence-corrected chi connectivity index (χ2v) is 6.71. The Labute approximate surface area is 142 Å². The summed E-state index contributed by atoms with van der Waals surface area (Å²) in [7, 11) is 0. The number of nitrogen functional groups attached to an aromatic ring is 1. The van der Waals surface area contributed by atoms with E-state index in [1.165, 1.54) is 5.56 Å². The van der Waals surface area contributed by atoms with E-state index in [0.29, 0.717) is 18.4 Å². The summed E-state index contributed by atoms with van der Waals surface area (Å²) < 4.78 is 0. The molecule has 4 nitrogen and oxygen atoms in total. The predicted molar refractivity (Wildman–Crippen MR) is 95.7 cm³/mol. The van der Waals surface area contributed by atoms with E-state index >= 15 is 0 Å². The molecule has 0 saturated carbocycles. The number of nitrogens with zero attached hydrogens (tertiary/aromatic N) is 1. The fourth-order valence-electron chi connectivity index (χ4n) is 3.21. The maximum atomic E-state index is 12.3. The third kappa shape index (κ3) is 4.22. The van der Waals surface area contributed by atoms with Crippen LogP contribution >= 0.6 is 0 Å². The third-order valence-corrected chi connectivity index (χ3v) is 4.76. The lowest BCUT2D eigenvalue weighted by Crippen LogP contribution is -2.45. The molecule has 1 saturated heterocycles. The third-order valence-electron chi connectivity index (χ3n) is 4.76. The Morgan fingerprint density at radius 3 is 2.29 bits per heavy atom. The molecule has 1 fully saturated rings. The Balaban J connectivity index is 1.53. The van der Waals surface area contributed by atoms with E-state index in [2.05, 4.69) is 4.90 Å². The van der Waals surface area contributed by atoms with E-state index in [4.69, 9.17) is 5.73 Å². The van der Waals surface area contributed by atoms with Gasteiger partial charge in [-0.05, 0) is 30.5 Å². The first-order chi connectivity index (χ1) is 11.5. The fourth-order valence-corrected chi connectivity index (χ4v) is 3.21. The second kappa shape index (κ2) is 7.16. The highest BCUT2D eigenvalue weighted by Gasteiger charge is 2.34. The molecule has 24 heavy (non-hydrogen) atoms. The number of Topliss-reactive ketones (excluding diaryl/α,β-unsaturated/α-hetero) is 1. The van der Waals surface area contributed by atoms with E-state index in [0.717, 1.165) is 25.3 Å². The van der Waals surface area contributed by atoms with Crippen molar-refractivity contribution in [3.05, 3.63) is 65.7 Å². The highest BCUT2D eigenvalue weighted by molar-refractivity contribution is 5.96. The average molecular weight is 324 g/mol. The van der Waals surface area contributed by atoms with Crippen LogP contribution in [0.2, 0.25) is 0 Å². The van der Waals surface area contributed by atoms with Gasteiger partial charge in [-0.25, -0.2) is 0 Å². The van der Waals surface area contributed by atoms with Gasteiger partial charge in [-0.1, -0.05) is 42.5 Å². The van der Waals surface area contributed by atoms with Crippen LogP contribution in [0.15, 0.2) is 54.6 Å². The quantitative estimate of drug-likeness (QED) is 0.655. The maximum absolute atomic E-state index is 12.3. The van der Waals surface area contributed by atoms with Crippen LogP contribution in [0.3, 0.4) is 0 Å². The number of nitrogens with two attached hydrogens (primary N) is 1. The summed E-state index contributed by atoms with van der Waals surface area (Å²) in [4.78, 5) is 14.6. The molecule has 4 heteroatoms. The Kier molecular flexibility index (Phi) is 4.97. The molecule has 0 aromatic heterocycles. The number of benzene rings is 2. The summed E-state index contributed by atoms with van der Waals surface area (Å²) in [6.45, 7) is 2.44. The van der Waals surface area contributed by atoms with Crippen molar-refractivity contribution in [3.8, 4) is 0 Å². The minimum Gasteiger partial charge on any atom is -0.399 e. The number of carbonyl (C=O) groups excluding carboxylic acids is 1. The first kappa shape index (κ1) is 16.7. The number of aliphatic hydroxyl groups is 1. The molecule has 0 amide bonds. The van der Waals surface area contributed by atoms with E-state index in [-0.39, 0.29) is 12.2 Å². The van der Waals surface area contributed by atoms with Gasteiger partial charge >= 0.3 is 0 Å². The van der Waals surface area contributed by atoms with Gasteiger partial charge in [-0.3, -0.25) is 9.69 Å². The summed E-state index contributed by atoms with van der Waals surface area (Å²) in [5, 5.41) is 10.8. The standard InChI is InChI=1S/C20H24N2O2/c21-18-8-6-16(7-9-18)15-22-12-10-20(24,11-13-22)14-19(23)17-4-2-1-3-5-17/h1-9,24H,10-15,21H2. The number of piperidine rings is 1. The predicted octanol–water partition coefficient (Wildman–Crippen LogP) is 2.87. The summed E-state index contributed by atoms with van der Waals surface area (Å²) >= 11 is 0. The summed E-state index contributed by atoms with van der Waals surface area (Å²) in [5.41, 5.74) is 7.49. The van der Waals surface area contributed by atoms with Gasteiger partial charge in [0.15, 0.2) is 5.78 Å². The van der Waals surface area contributed by atoms with Crippen molar-refractivity contribution in [2.24, 2.45) is 0 Å². The van der Waals surface area contributed by atoms with Crippen LogP contribution in [0, 0.1) is 0 Å². The molecule has 0 bridgehead atoms. The van der Waals surface area contributed by atoms with Crippen LogP contribution in [0.4, 0.5) is 5.69 Å². The molecular formula is C20H24N2O2. The van der Waals surface area contributed by atoms with Gasteiger partial charge in [0.2, 0.25) is 0 Å². The molecule has 0 atom stereocenters. The minimum absolute atomic E-state index is 0.0186. The molecule has 2 aromatic carbocycles. The highest BCUT2D eigenvalue weighted by Crippen LogP contribution is 2.28. The summed E-state index contributed by atoms with van der Waals surface area (Å²) in [5.74, 6) is 0.0186. The minimum atomic E-state index is -0.884. The van der Waals surface area contributed by atoms with Crippen molar-refractivity contribution in [1.82, 2.24) is 4.90 Å². The van der Waals surface area contributed by atoms with Crippen molar-refractivity contribution >= 4 is 11.5 Å². The molecule has 0 radical (unpaired) electrons. The van der Waals surface area contributed by atoms with Crippen molar-refractivity contribution in [2.45, 2.75) is 31.4 Å². The van der Waals surface area contributed by atoms with Crippen molar-refractivity contribution in [3.63, 3.8) is 0 Å². The van der Waals surface area contributed by atoms with E-state index in [1.54, 1.807) is 0 Å². The number of likely N-dealkylation sites (tertiary alicyclic amines) is 1. The fraction of sp³-hybridized carbons (Fsp3) is 0.350. The van der Waals surface area contributed by atoms with Gasteiger partial charge in [0.1, 0.15) is 0 Å². The lowest BCUT2D eigenvalue weighted by molar-refractivity contribution is -0.0241. The number of hydrogen-bond donors (Lipinski definition) is 2. The van der Waals surface area contributed by atoms with Crippen molar-refractivity contribution in [1.29, 1.82) is 0 Å². The van der Waals surface area contributed by atoms with E-state index in [1.807, 2.05) is 54.6 Å². The number of ketones is 1. The van der Waals surface area contributed by atoms with Gasteiger partial charge in [0.25, 0.3) is 0 Å². The average Bonchev–Trinajstić information content (AvgIpc) is 2.60. The molecule has 1 aliphatic heterocycles. The summed E-state index contributed by atoms with van der Waals surface area (Å²) in [6.07, 6.45) is 1.45. The Hall–Kier alpha value is -2.17. The Morgan fingerprint density at radius 1 is 1.04 bits per heavy atom. The molecule has 3 rings (SSSR count). The van der Waals surface area contributed by atoms with Crippen molar-refractivity contribution < 1.29 is 9.90 Å². The van der Waals surface area contributed by atoms with Gasteiger partial charge in [-0.15, -0.1) is 0 Å². The molecule has 0 unspecified atom stereocenters. The number of anilines is 1. The van der Waals surface area contributed by atoms with E-state index in [9.17, 15) is 9.90 Å². The second-order valence-electron chi connectivity index (χ2n) is 6.71. The van der Waals surface area contributed by atoms with Gasteiger partial charge in [0, 0.05) is 37.3 Å². The molecule has 0 spiro atoms. The van der Waals surface area contributed by atoms with Crippen molar-refractivity contribution in [2.75, 3.05) is 18.8 Å². The summed E-state index contributed by atoms with van der Waals surface area (Å²) in [6, 6.07) is 17.1. The molecule has 1 heterocycles. The maximum Gasteiger partial charge on any atom is 0.165 e. The van der Waals surface area contributed by atoms with E-state index < -0.39 is 5.60 Å². The van der Waals surface area contributed by atoms with Crippen LogP contribution in [-0.2, 0) is 6.54 Å². The van der Waals surface area contributed by atoms with Crippen LogP contribution in [0.1, 0.15) is 35.2 Å². The zero-order chi connectivity index (χ0) is 17.0. The van der Waals surface area contributed by atoms with Gasteiger partial charge < -0.3 is 10.8 Å². The molecule has 126 valence electrons. The lowest BCUT2D eigenvalue weighted by atomic mass is 9.85. The molecule has 3 N–H and O–H groups in total. The zero-order valence-electron chi connectivity index (χ0n) is 13.8. The highest BCUT2D eigenvalue weighted by atomic mass is 16.3. The zero-order valence-corrected chi connectivity index (χ0v) is 13.8. The monoisotopic (exact) mass is 324 g/mol. The molecule has 2 aromatic rings. The van der Waals surface area contributed by atoms with Gasteiger partial charge in [-0.2, -0.15) is 0 Å². The molecule has 0 aliphatic carbocycles. The smallest absolute Gasteiger partial charge is 0.165 e. The Bertz CT molecular complexity index is 675. The van der Waals surface area contributed by atoms with Gasteiger partial charge in [0.05, 0.1) is 5.60 Å². The number of hydrogen-bond acceptors (Lipinski definition) is 4. The lowest BCUT2D eigenvalue weighted by Gasteiger charge is -2.38. The van der Waals surface area contributed by atoms with Crippen LogP contribution in [0.5, 0.6) is 0 Å². The van der Waals surface area contributed by atoms with Crippen LogP contribution in [-0.4, -0.2) is 34.5 Å². The largest absolute Gasteiger partial charge is 0.399 e. The first-order valence-electron chi connectivity index (χ1n) is 8.41. The topological polar surface area (TPSA) is 66.6 Å². The number of carbonyl (C=O) groups is 1. The molecule has 1 aliphatic rings. The first-order valence-corrected chi connectivity index (χ1v) is 8.41.